The molecule has 2 rings (SSSR count). The van der Waals surface area contributed by atoms with Crippen LogP contribution in [-0.2, 0) is 14.3 Å². The van der Waals surface area contributed by atoms with Gasteiger partial charge in [0.15, 0.2) is 5.78 Å². The SMILES string of the molecule is CCOC1C(=O)CC1OCC1CCCCC1. The van der Waals surface area contributed by atoms with Crippen molar-refractivity contribution in [3.05, 3.63) is 0 Å². The van der Waals surface area contributed by atoms with Crippen LogP contribution in [0.3, 0.4) is 0 Å². The summed E-state index contributed by atoms with van der Waals surface area (Å²) in [5.74, 6) is 0.919. The first-order chi connectivity index (χ1) is 7.81. The van der Waals surface area contributed by atoms with Gasteiger partial charge in [-0.05, 0) is 25.7 Å². The predicted octanol–water partition coefficient (Wildman–Crippen LogP) is 2.33. The first-order valence-electron chi connectivity index (χ1n) is 6.57. The van der Waals surface area contributed by atoms with Crippen molar-refractivity contribution < 1.29 is 14.3 Å². The molecule has 2 aliphatic rings. The maximum Gasteiger partial charge on any atom is 0.166 e. The summed E-state index contributed by atoms with van der Waals surface area (Å²) in [5.41, 5.74) is 0. The Kier molecular flexibility index (Phi) is 4.36. The molecule has 0 aliphatic heterocycles. The topological polar surface area (TPSA) is 35.5 Å². The lowest BCUT2D eigenvalue weighted by atomic mass is 9.88. The summed E-state index contributed by atoms with van der Waals surface area (Å²) in [4.78, 5) is 11.3. The molecule has 2 fully saturated rings. The highest BCUT2D eigenvalue weighted by atomic mass is 16.5. The van der Waals surface area contributed by atoms with E-state index in [0.717, 1.165) is 6.61 Å². The number of carbonyl (C=O) groups is 1. The largest absolute Gasteiger partial charge is 0.374 e. The number of ether oxygens (including phenoxy) is 2. The van der Waals surface area contributed by atoms with E-state index in [9.17, 15) is 4.79 Å². The number of hydrogen-bond donors (Lipinski definition) is 0. The van der Waals surface area contributed by atoms with Crippen LogP contribution in [0, 0.1) is 5.92 Å². The molecule has 2 aliphatic carbocycles. The first-order valence-corrected chi connectivity index (χ1v) is 6.57. The summed E-state index contributed by atoms with van der Waals surface area (Å²) in [6.07, 6.45) is 6.96. The third-order valence-electron chi connectivity index (χ3n) is 3.67. The van der Waals surface area contributed by atoms with Crippen molar-refractivity contribution >= 4 is 5.78 Å². The van der Waals surface area contributed by atoms with Crippen LogP contribution in [-0.4, -0.2) is 31.2 Å². The molecule has 2 unspecified atom stereocenters. The maximum atomic E-state index is 11.3. The lowest BCUT2D eigenvalue weighted by molar-refractivity contribution is -0.167. The molecule has 0 saturated heterocycles. The first kappa shape index (κ1) is 12.1. The molecule has 2 saturated carbocycles. The third-order valence-corrected chi connectivity index (χ3v) is 3.67. The van der Waals surface area contributed by atoms with E-state index in [1.54, 1.807) is 0 Å². The molecule has 0 aromatic heterocycles. The van der Waals surface area contributed by atoms with E-state index >= 15 is 0 Å². The van der Waals surface area contributed by atoms with Gasteiger partial charge in [-0.3, -0.25) is 4.79 Å². The summed E-state index contributed by atoms with van der Waals surface area (Å²) in [6.45, 7) is 3.34. The van der Waals surface area contributed by atoms with E-state index in [4.69, 9.17) is 9.47 Å². The molecular weight excluding hydrogens is 204 g/mol. The minimum absolute atomic E-state index is 0.0365. The smallest absolute Gasteiger partial charge is 0.166 e. The average molecular weight is 226 g/mol. The molecule has 0 aromatic rings. The zero-order valence-corrected chi connectivity index (χ0v) is 10.1. The maximum absolute atomic E-state index is 11.3. The summed E-state index contributed by atoms with van der Waals surface area (Å²) in [5, 5.41) is 0. The molecule has 0 spiro atoms. The van der Waals surface area contributed by atoms with Gasteiger partial charge in [-0.15, -0.1) is 0 Å². The molecule has 0 N–H and O–H groups in total. The molecule has 2 atom stereocenters. The van der Waals surface area contributed by atoms with Gasteiger partial charge in [-0.2, -0.15) is 0 Å². The number of rotatable bonds is 5. The second-order valence-electron chi connectivity index (χ2n) is 4.92. The Hall–Kier alpha value is -0.410. The van der Waals surface area contributed by atoms with Crippen molar-refractivity contribution in [2.24, 2.45) is 5.92 Å². The highest BCUT2D eigenvalue weighted by Gasteiger charge is 2.41. The molecule has 16 heavy (non-hydrogen) atoms. The molecule has 92 valence electrons. The zero-order chi connectivity index (χ0) is 11.4. The average Bonchev–Trinajstić information content (AvgIpc) is 2.32. The van der Waals surface area contributed by atoms with E-state index in [-0.39, 0.29) is 18.0 Å². The van der Waals surface area contributed by atoms with Gasteiger partial charge in [0.2, 0.25) is 0 Å². The molecule has 3 nitrogen and oxygen atoms in total. The van der Waals surface area contributed by atoms with Crippen LogP contribution in [0.1, 0.15) is 45.4 Å². The summed E-state index contributed by atoms with van der Waals surface area (Å²) in [6, 6.07) is 0. The number of hydrogen-bond acceptors (Lipinski definition) is 3. The molecule has 0 heterocycles. The van der Waals surface area contributed by atoms with Crippen molar-refractivity contribution in [3.8, 4) is 0 Å². The van der Waals surface area contributed by atoms with Crippen LogP contribution in [0.25, 0.3) is 0 Å². The summed E-state index contributed by atoms with van der Waals surface area (Å²) in [7, 11) is 0. The Balaban J connectivity index is 1.67. The van der Waals surface area contributed by atoms with Gasteiger partial charge in [-0.1, -0.05) is 19.3 Å². The Morgan fingerprint density at radius 2 is 1.94 bits per heavy atom. The van der Waals surface area contributed by atoms with Gasteiger partial charge < -0.3 is 9.47 Å². The highest BCUT2D eigenvalue weighted by Crippen LogP contribution is 2.27. The minimum atomic E-state index is -0.270. The Bertz CT molecular complexity index is 233. The Labute approximate surface area is 97.5 Å². The van der Waals surface area contributed by atoms with E-state index in [1.807, 2.05) is 6.92 Å². The quantitative estimate of drug-likeness (QED) is 0.721. The normalized spacial score (nSPS) is 31.4. The van der Waals surface area contributed by atoms with Gasteiger partial charge in [0.25, 0.3) is 0 Å². The van der Waals surface area contributed by atoms with Crippen LogP contribution < -0.4 is 0 Å². The minimum Gasteiger partial charge on any atom is -0.374 e. The van der Waals surface area contributed by atoms with Gasteiger partial charge in [0.05, 0.1) is 6.10 Å². The van der Waals surface area contributed by atoms with Gasteiger partial charge in [-0.25, -0.2) is 0 Å². The van der Waals surface area contributed by atoms with Crippen molar-refractivity contribution in [2.45, 2.75) is 57.7 Å². The van der Waals surface area contributed by atoms with Crippen LogP contribution in [0.15, 0.2) is 0 Å². The molecular formula is C13H22O3. The summed E-state index contributed by atoms with van der Waals surface area (Å²) >= 11 is 0. The zero-order valence-electron chi connectivity index (χ0n) is 10.1. The fourth-order valence-corrected chi connectivity index (χ4v) is 2.61. The lowest BCUT2D eigenvalue weighted by Crippen LogP contribution is -2.51. The summed E-state index contributed by atoms with van der Waals surface area (Å²) < 4.78 is 11.2. The lowest BCUT2D eigenvalue weighted by Gasteiger charge is -2.35. The number of carbonyl (C=O) groups excluding carboxylic acids is 1. The van der Waals surface area contributed by atoms with Gasteiger partial charge in [0, 0.05) is 19.6 Å². The second kappa shape index (κ2) is 5.78. The molecule has 0 amide bonds. The van der Waals surface area contributed by atoms with Gasteiger partial charge >= 0.3 is 0 Å². The number of ketones is 1. The molecule has 0 aromatic carbocycles. The monoisotopic (exact) mass is 226 g/mol. The molecule has 0 bridgehead atoms. The van der Waals surface area contributed by atoms with E-state index in [0.29, 0.717) is 18.9 Å². The van der Waals surface area contributed by atoms with Crippen molar-refractivity contribution in [3.63, 3.8) is 0 Å². The fraction of sp³-hybridized carbons (Fsp3) is 0.923. The van der Waals surface area contributed by atoms with E-state index in [1.165, 1.54) is 32.1 Å². The fourth-order valence-electron chi connectivity index (χ4n) is 2.61. The van der Waals surface area contributed by atoms with Crippen molar-refractivity contribution in [1.29, 1.82) is 0 Å². The van der Waals surface area contributed by atoms with Crippen LogP contribution in [0.2, 0.25) is 0 Å². The molecule has 3 heteroatoms. The number of Topliss-reactive ketones (excluding diaryl/α,β-unsaturated/α-hetero) is 1. The van der Waals surface area contributed by atoms with Gasteiger partial charge in [0.1, 0.15) is 6.10 Å². The van der Waals surface area contributed by atoms with Crippen molar-refractivity contribution in [1.82, 2.24) is 0 Å². The van der Waals surface area contributed by atoms with E-state index in [2.05, 4.69) is 0 Å². The van der Waals surface area contributed by atoms with E-state index < -0.39 is 0 Å². The standard InChI is InChI=1S/C13H22O3/c1-2-15-13-11(14)8-12(13)16-9-10-6-4-3-5-7-10/h10,12-13H,2-9H2,1H3. The third kappa shape index (κ3) is 2.83. The molecule has 0 radical (unpaired) electrons. The van der Waals surface area contributed by atoms with Crippen LogP contribution >= 0.6 is 0 Å². The van der Waals surface area contributed by atoms with Crippen LogP contribution in [0.5, 0.6) is 0 Å². The predicted molar refractivity (Wildman–Crippen MR) is 61.4 cm³/mol. The Morgan fingerprint density at radius 1 is 1.19 bits per heavy atom. The van der Waals surface area contributed by atoms with Crippen LogP contribution in [0.4, 0.5) is 0 Å². The highest BCUT2D eigenvalue weighted by molar-refractivity contribution is 5.90. The Morgan fingerprint density at radius 3 is 2.56 bits per heavy atom. The second-order valence-corrected chi connectivity index (χ2v) is 4.92. The van der Waals surface area contributed by atoms with Crippen molar-refractivity contribution in [2.75, 3.05) is 13.2 Å².